The zero-order valence-corrected chi connectivity index (χ0v) is 14.5. The van der Waals surface area contributed by atoms with Crippen LogP contribution in [0.25, 0.3) is 0 Å². The molecular formula is C18H19N5O3. The number of amides is 3. The zero-order chi connectivity index (χ0) is 18.6. The van der Waals surface area contributed by atoms with Gasteiger partial charge in [0.1, 0.15) is 17.8 Å². The second kappa shape index (κ2) is 5.42. The van der Waals surface area contributed by atoms with Gasteiger partial charge in [0.15, 0.2) is 0 Å². The van der Waals surface area contributed by atoms with Gasteiger partial charge in [-0.2, -0.15) is 5.10 Å². The van der Waals surface area contributed by atoms with Gasteiger partial charge < -0.3 is 16.0 Å². The van der Waals surface area contributed by atoms with E-state index in [1.165, 1.54) is 4.90 Å². The number of aromatic nitrogens is 2. The average Bonchev–Trinajstić information content (AvgIpc) is 3.10. The Morgan fingerprint density at radius 2 is 2.04 bits per heavy atom. The summed E-state index contributed by atoms with van der Waals surface area (Å²) in [5.74, 6) is -0.662. The Labute approximate surface area is 150 Å². The lowest BCUT2D eigenvalue weighted by molar-refractivity contribution is -0.127. The van der Waals surface area contributed by atoms with Crippen molar-refractivity contribution >= 4 is 29.2 Å². The van der Waals surface area contributed by atoms with E-state index in [1.807, 2.05) is 26.0 Å². The van der Waals surface area contributed by atoms with Crippen molar-refractivity contribution in [3.63, 3.8) is 0 Å². The predicted octanol–water partition coefficient (Wildman–Crippen LogP) is 0.924. The molecule has 2 aliphatic rings. The lowest BCUT2D eigenvalue weighted by Gasteiger charge is -2.32. The molecule has 8 heteroatoms. The number of carbonyl (C=O) groups excluding carboxylic acids is 3. The van der Waals surface area contributed by atoms with E-state index in [1.54, 1.807) is 23.0 Å². The van der Waals surface area contributed by atoms with Crippen molar-refractivity contribution in [2.75, 3.05) is 16.8 Å². The van der Waals surface area contributed by atoms with E-state index in [9.17, 15) is 14.4 Å². The van der Waals surface area contributed by atoms with Crippen LogP contribution in [0.15, 0.2) is 30.5 Å². The molecule has 0 saturated carbocycles. The van der Waals surface area contributed by atoms with Crippen LogP contribution in [-0.2, 0) is 19.8 Å². The number of hydrogen-bond donors (Lipinski definition) is 2. The topological polar surface area (TPSA) is 110 Å². The van der Waals surface area contributed by atoms with Crippen LogP contribution in [0.5, 0.6) is 0 Å². The largest absolute Gasteiger partial charge is 0.368 e. The van der Waals surface area contributed by atoms with Crippen molar-refractivity contribution in [1.82, 2.24) is 9.78 Å². The lowest BCUT2D eigenvalue weighted by atomic mass is 9.72. The predicted molar refractivity (Wildman–Crippen MR) is 94.6 cm³/mol. The van der Waals surface area contributed by atoms with Gasteiger partial charge in [-0.3, -0.25) is 14.4 Å². The van der Waals surface area contributed by atoms with E-state index in [0.717, 1.165) is 0 Å². The molecule has 4 rings (SSSR count). The molecule has 3 amide bonds. The maximum atomic E-state index is 13.5. The van der Waals surface area contributed by atoms with Crippen molar-refractivity contribution in [2.45, 2.75) is 31.7 Å². The molecule has 1 spiro atoms. The van der Waals surface area contributed by atoms with Gasteiger partial charge in [-0.1, -0.05) is 18.2 Å². The van der Waals surface area contributed by atoms with Crippen molar-refractivity contribution in [3.05, 3.63) is 41.6 Å². The van der Waals surface area contributed by atoms with Gasteiger partial charge in [0.25, 0.3) is 0 Å². The fourth-order valence-corrected chi connectivity index (χ4v) is 3.97. The van der Waals surface area contributed by atoms with Crippen LogP contribution in [-0.4, -0.2) is 34.0 Å². The molecule has 0 saturated heterocycles. The number of fused-ring (bicyclic) bond motifs is 4. The molecule has 8 nitrogen and oxygen atoms in total. The first kappa shape index (κ1) is 16.3. The first-order valence-electron chi connectivity index (χ1n) is 8.44. The zero-order valence-electron chi connectivity index (χ0n) is 14.5. The quantitative estimate of drug-likeness (QED) is 0.855. The van der Waals surface area contributed by atoms with Crippen molar-refractivity contribution in [2.24, 2.45) is 5.73 Å². The summed E-state index contributed by atoms with van der Waals surface area (Å²) >= 11 is 0. The number of nitrogens with two attached hydrogens (primary N) is 1. The monoisotopic (exact) mass is 353 g/mol. The molecule has 0 bridgehead atoms. The molecule has 0 radical (unpaired) electrons. The van der Waals surface area contributed by atoms with Gasteiger partial charge >= 0.3 is 0 Å². The third-order valence-electron chi connectivity index (χ3n) is 5.01. The first-order chi connectivity index (χ1) is 12.4. The van der Waals surface area contributed by atoms with E-state index >= 15 is 0 Å². The molecule has 26 heavy (non-hydrogen) atoms. The van der Waals surface area contributed by atoms with Gasteiger partial charge in [-0.05, 0) is 25.5 Å². The van der Waals surface area contributed by atoms with Gasteiger partial charge in [-0.15, -0.1) is 0 Å². The van der Waals surface area contributed by atoms with Crippen molar-refractivity contribution in [3.8, 4) is 0 Å². The molecule has 0 aliphatic carbocycles. The van der Waals surface area contributed by atoms with Crippen LogP contribution in [0.1, 0.15) is 37.4 Å². The van der Waals surface area contributed by atoms with E-state index in [2.05, 4.69) is 10.4 Å². The third kappa shape index (κ3) is 2.01. The SMILES string of the molecule is CC(C)n1ncc2c1NC(=O)CC21C(=O)N(CC(N)=O)c2ccccc21. The molecule has 1 aromatic carbocycles. The summed E-state index contributed by atoms with van der Waals surface area (Å²) < 4.78 is 1.70. The lowest BCUT2D eigenvalue weighted by Crippen LogP contribution is -2.48. The Morgan fingerprint density at radius 3 is 2.73 bits per heavy atom. The Hall–Kier alpha value is -3.16. The van der Waals surface area contributed by atoms with E-state index in [0.29, 0.717) is 22.6 Å². The van der Waals surface area contributed by atoms with Crippen LogP contribution in [0.4, 0.5) is 11.5 Å². The number of para-hydroxylation sites is 1. The Morgan fingerprint density at radius 1 is 1.31 bits per heavy atom. The van der Waals surface area contributed by atoms with Crippen LogP contribution < -0.4 is 16.0 Å². The highest BCUT2D eigenvalue weighted by Gasteiger charge is 2.57. The Bertz CT molecular complexity index is 948. The number of primary amides is 1. The normalized spacial score (nSPS) is 21.1. The van der Waals surface area contributed by atoms with Gasteiger partial charge in [-0.25, -0.2) is 4.68 Å². The number of anilines is 2. The van der Waals surface area contributed by atoms with Crippen LogP contribution in [0.2, 0.25) is 0 Å². The third-order valence-corrected chi connectivity index (χ3v) is 5.01. The van der Waals surface area contributed by atoms with Crippen LogP contribution in [0, 0.1) is 0 Å². The number of rotatable bonds is 3. The summed E-state index contributed by atoms with van der Waals surface area (Å²) in [4.78, 5) is 38.9. The summed E-state index contributed by atoms with van der Waals surface area (Å²) in [5, 5.41) is 7.23. The molecule has 2 aromatic rings. The molecule has 2 aliphatic heterocycles. The summed E-state index contributed by atoms with van der Waals surface area (Å²) in [6.07, 6.45) is 1.60. The molecule has 1 atom stereocenters. The summed E-state index contributed by atoms with van der Waals surface area (Å²) in [5.41, 5.74) is 6.12. The number of carbonyl (C=O) groups is 3. The molecule has 134 valence electrons. The van der Waals surface area contributed by atoms with Gasteiger partial charge in [0, 0.05) is 23.7 Å². The average molecular weight is 353 g/mol. The van der Waals surface area contributed by atoms with E-state index < -0.39 is 11.3 Å². The molecule has 3 N–H and O–H groups in total. The minimum atomic E-state index is -1.18. The molecule has 3 heterocycles. The van der Waals surface area contributed by atoms with Crippen molar-refractivity contribution < 1.29 is 14.4 Å². The highest BCUT2D eigenvalue weighted by Crippen LogP contribution is 2.52. The Kier molecular flexibility index (Phi) is 3.40. The molecule has 1 unspecified atom stereocenters. The smallest absolute Gasteiger partial charge is 0.243 e. The highest BCUT2D eigenvalue weighted by molar-refractivity contribution is 6.17. The summed E-state index contributed by atoms with van der Waals surface area (Å²) in [6.45, 7) is 3.67. The molecule has 1 aromatic heterocycles. The number of nitrogens with zero attached hydrogens (tertiary/aromatic N) is 3. The first-order valence-corrected chi connectivity index (χ1v) is 8.44. The fourth-order valence-electron chi connectivity index (χ4n) is 3.97. The fraction of sp³-hybridized carbons (Fsp3) is 0.333. The van der Waals surface area contributed by atoms with Crippen LogP contribution >= 0.6 is 0 Å². The summed E-state index contributed by atoms with van der Waals surface area (Å²) in [6, 6.07) is 7.22. The Balaban J connectivity index is 1.98. The number of hydrogen-bond acceptors (Lipinski definition) is 4. The van der Waals surface area contributed by atoms with Crippen LogP contribution in [0.3, 0.4) is 0 Å². The van der Waals surface area contributed by atoms with Crippen molar-refractivity contribution in [1.29, 1.82) is 0 Å². The minimum absolute atomic E-state index is 0.0164. The second-order valence-electron chi connectivity index (χ2n) is 6.95. The molecular weight excluding hydrogens is 334 g/mol. The number of benzene rings is 1. The molecule has 0 fully saturated rings. The maximum absolute atomic E-state index is 13.5. The number of nitrogens with one attached hydrogen (secondary N) is 1. The highest BCUT2D eigenvalue weighted by atomic mass is 16.2. The minimum Gasteiger partial charge on any atom is -0.368 e. The van der Waals surface area contributed by atoms with Gasteiger partial charge in [0.05, 0.1) is 6.20 Å². The maximum Gasteiger partial charge on any atom is 0.243 e. The van der Waals surface area contributed by atoms with E-state index in [-0.39, 0.29) is 30.8 Å². The summed E-state index contributed by atoms with van der Waals surface area (Å²) in [7, 11) is 0. The standard InChI is InChI=1S/C18H19N5O3/c1-10(2)23-16-12(8-20-23)18(7-15(25)21-16)11-5-3-4-6-13(11)22(17(18)26)9-14(19)24/h3-6,8,10H,7,9H2,1-2H3,(H2,19,24)(H,21,25). The van der Waals surface area contributed by atoms with E-state index in [4.69, 9.17) is 5.73 Å². The second-order valence-corrected chi connectivity index (χ2v) is 6.95. The van der Waals surface area contributed by atoms with Gasteiger partial charge in [0.2, 0.25) is 17.7 Å².